The van der Waals surface area contributed by atoms with E-state index in [1.165, 1.54) is 0 Å². The van der Waals surface area contributed by atoms with Crippen LogP contribution in [0.15, 0.2) is 24.3 Å². The molecular weight excluding hydrogens is 278 g/mol. The molecule has 0 saturated heterocycles. The van der Waals surface area contributed by atoms with Crippen LogP contribution in [0.4, 0.5) is 20.2 Å². The maximum Gasteiger partial charge on any atom is 0.352 e. The van der Waals surface area contributed by atoms with Gasteiger partial charge >= 0.3 is 11.8 Å². The third-order valence-corrected chi connectivity index (χ3v) is 4.52. The van der Waals surface area contributed by atoms with Crippen molar-refractivity contribution < 1.29 is 18.7 Å². The van der Waals surface area contributed by atoms with Crippen LogP contribution in [0.2, 0.25) is 0 Å². The number of anilines is 2. The number of carbonyl (C=O) groups excluding carboxylic acids is 1. The maximum atomic E-state index is 14.4. The predicted octanol–water partition coefficient (Wildman–Crippen LogP) is 2.02. The lowest BCUT2D eigenvalue weighted by Gasteiger charge is -2.44. The van der Waals surface area contributed by atoms with E-state index in [-0.39, 0.29) is 19.4 Å². The molecule has 21 heavy (non-hydrogen) atoms. The maximum absolute atomic E-state index is 14.4. The van der Waals surface area contributed by atoms with Crippen LogP contribution in [0.1, 0.15) is 19.3 Å². The smallest absolute Gasteiger partial charge is 0.352 e. The molecule has 1 aromatic rings. The van der Waals surface area contributed by atoms with Gasteiger partial charge in [-0.3, -0.25) is 4.79 Å². The Labute approximate surface area is 122 Å². The first-order valence-corrected chi connectivity index (χ1v) is 7.09. The van der Waals surface area contributed by atoms with Crippen LogP contribution < -0.4 is 9.80 Å². The highest BCUT2D eigenvalue weighted by molar-refractivity contribution is 6.02. The van der Waals surface area contributed by atoms with Crippen molar-refractivity contribution in [1.29, 1.82) is 0 Å². The van der Waals surface area contributed by atoms with Crippen LogP contribution in [0.3, 0.4) is 0 Å². The fourth-order valence-electron chi connectivity index (χ4n) is 2.91. The van der Waals surface area contributed by atoms with E-state index in [4.69, 9.17) is 0 Å². The molecule has 114 valence electrons. The fraction of sp³-hybridized carbons (Fsp3) is 0.533. The standard InChI is InChI=1S/C15H18F2N2O2/c1-18-9-10-19(12-6-3-2-5-11(12)18)13(20)15(16,17)14(21)7-4-8-14/h2-3,5-6,21H,4,7-10H2,1H3. The number of aliphatic hydroxyl groups is 1. The minimum absolute atomic E-state index is 0.0267. The molecule has 6 heteroatoms. The molecule has 0 atom stereocenters. The minimum Gasteiger partial charge on any atom is -0.383 e. The Morgan fingerprint density at radius 1 is 1.24 bits per heavy atom. The summed E-state index contributed by atoms with van der Waals surface area (Å²) < 4.78 is 28.7. The van der Waals surface area contributed by atoms with Crippen molar-refractivity contribution in [3.8, 4) is 0 Å². The summed E-state index contributed by atoms with van der Waals surface area (Å²) in [5.74, 6) is -5.04. The van der Waals surface area contributed by atoms with Gasteiger partial charge in [0.2, 0.25) is 0 Å². The molecule has 0 spiro atoms. The summed E-state index contributed by atoms with van der Waals surface area (Å²) in [6, 6.07) is 6.98. The van der Waals surface area contributed by atoms with E-state index in [9.17, 15) is 18.7 Å². The number of amides is 1. The molecular formula is C15H18F2N2O2. The van der Waals surface area contributed by atoms with Crippen molar-refractivity contribution in [2.75, 3.05) is 29.9 Å². The molecule has 0 unspecified atom stereocenters. The van der Waals surface area contributed by atoms with Crippen molar-refractivity contribution in [2.45, 2.75) is 30.8 Å². The zero-order valence-corrected chi connectivity index (χ0v) is 11.9. The van der Waals surface area contributed by atoms with E-state index >= 15 is 0 Å². The summed E-state index contributed by atoms with van der Waals surface area (Å²) in [6.45, 7) is 0.676. The highest BCUT2D eigenvalue weighted by Crippen LogP contribution is 2.46. The summed E-state index contributed by atoms with van der Waals surface area (Å²) in [7, 11) is 1.86. The Balaban J connectivity index is 1.94. The van der Waals surface area contributed by atoms with Gasteiger partial charge in [0.1, 0.15) is 5.60 Å². The minimum atomic E-state index is -3.74. The molecule has 1 aromatic carbocycles. The van der Waals surface area contributed by atoms with Crippen molar-refractivity contribution >= 4 is 17.3 Å². The summed E-state index contributed by atoms with van der Waals surface area (Å²) in [4.78, 5) is 15.4. The van der Waals surface area contributed by atoms with Crippen molar-refractivity contribution in [3.05, 3.63) is 24.3 Å². The summed E-state index contributed by atoms with van der Waals surface area (Å²) >= 11 is 0. The predicted molar refractivity (Wildman–Crippen MR) is 75.8 cm³/mol. The summed E-state index contributed by atoms with van der Waals surface area (Å²) in [5, 5.41) is 9.93. The van der Waals surface area contributed by atoms with Gasteiger partial charge in [-0.1, -0.05) is 12.1 Å². The van der Waals surface area contributed by atoms with Crippen LogP contribution in [0.25, 0.3) is 0 Å². The van der Waals surface area contributed by atoms with Crippen molar-refractivity contribution in [1.82, 2.24) is 0 Å². The Kier molecular flexibility index (Phi) is 3.16. The quantitative estimate of drug-likeness (QED) is 0.908. The van der Waals surface area contributed by atoms with Gasteiger partial charge in [-0.05, 0) is 31.4 Å². The second kappa shape index (κ2) is 4.66. The lowest BCUT2D eigenvalue weighted by molar-refractivity contribution is -0.213. The first-order valence-electron chi connectivity index (χ1n) is 7.09. The molecule has 1 heterocycles. The molecule has 4 nitrogen and oxygen atoms in total. The number of halogens is 2. The normalized spacial score (nSPS) is 20.8. The average molecular weight is 296 g/mol. The first-order chi connectivity index (χ1) is 9.87. The van der Waals surface area contributed by atoms with Gasteiger partial charge < -0.3 is 14.9 Å². The number of carbonyl (C=O) groups is 1. The fourth-order valence-corrected chi connectivity index (χ4v) is 2.91. The van der Waals surface area contributed by atoms with E-state index in [1.807, 2.05) is 11.9 Å². The van der Waals surface area contributed by atoms with Crippen LogP contribution in [0, 0.1) is 0 Å². The molecule has 3 rings (SSSR count). The Bertz CT molecular complexity index is 573. The molecule has 0 bridgehead atoms. The van der Waals surface area contributed by atoms with E-state index in [0.717, 1.165) is 10.6 Å². The second-order valence-electron chi connectivity index (χ2n) is 5.83. The Morgan fingerprint density at radius 2 is 1.86 bits per heavy atom. The highest BCUT2D eigenvalue weighted by atomic mass is 19.3. The number of fused-ring (bicyclic) bond motifs is 1. The number of nitrogens with zero attached hydrogens (tertiary/aromatic N) is 2. The van der Waals surface area contributed by atoms with Gasteiger partial charge in [0.25, 0.3) is 0 Å². The molecule has 0 aromatic heterocycles. The van der Waals surface area contributed by atoms with Crippen molar-refractivity contribution in [2.24, 2.45) is 0 Å². The van der Waals surface area contributed by atoms with E-state index in [1.54, 1.807) is 24.3 Å². The van der Waals surface area contributed by atoms with E-state index < -0.39 is 17.4 Å². The number of hydrogen-bond acceptors (Lipinski definition) is 3. The number of para-hydroxylation sites is 2. The van der Waals surface area contributed by atoms with Gasteiger partial charge in [-0.25, -0.2) is 0 Å². The first kappa shape index (κ1) is 14.3. The van der Waals surface area contributed by atoms with Gasteiger partial charge in [0.05, 0.1) is 11.4 Å². The Hall–Kier alpha value is -1.69. The summed E-state index contributed by atoms with van der Waals surface area (Å²) in [5.41, 5.74) is -0.963. The van der Waals surface area contributed by atoms with Crippen LogP contribution >= 0.6 is 0 Å². The third kappa shape index (κ3) is 2.00. The monoisotopic (exact) mass is 296 g/mol. The second-order valence-corrected chi connectivity index (χ2v) is 5.83. The Morgan fingerprint density at radius 3 is 2.43 bits per heavy atom. The van der Waals surface area contributed by atoms with Crippen LogP contribution in [-0.2, 0) is 4.79 Å². The number of alkyl halides is 2. The van der Waals surface area contributed by atoms with Gasteiger partial charge in [0.15, 0.2) is 0 Å². The van der Waals surface area contributed by atoms with Crippen molar-refractivity contribution in [3.63, 3.8) is 0 Å². The number of rotatable bonds is 2. The molecule has 1 fully saturated rings. The van der Waals surface area contributed by atoms with Crippen LogP contribution in [0.5, 0.6) is 0 Å². The largest absolute Gasteiger partial charge is 0.383 e. The molecule has 1 amide bonds. The summed E-state index contributed by atoms with van der Waals surface area (Å²) in [6.07, 6.45) is 0.473. The lowest BCUT2D eigenvalue weighted by Crippen LogP contribution is -2.62. The topological polar surface area (TPSA) is 43.8 Å². The average Bonchev–Trinajstić information content (AvgIpc) is 2.44. The number of likely N-dealkylation sites (N-methyl/N-ethyl adjacent to an activating group) is 1. The SMILES string of the molecule is CN1CCN(C(=O)C(F)(F)C2(O)CCC2)c2ccccc21. The zero-order chi connectivity index (χ0) is 15.3. The van der Waals surface area contributed by atoms with Gasteiger partial charge in [-0.2, -0.15) is 8.78 Å². The molecule has 1 N–H and O–H groups in total. The van der Waals surface area contributed by atoms with Gasteiger partial charge in [0, 0.05) is 20.1 Å². The van der Waals surface area contributed by atoms with Crippen LogP contribution in [-0.4, -0.2) is 42.7 Å². The highest BCUT2D eigenvalue weighted by Gasteiger charge is 2.62. The molecule has 1 aliphatic carbocycles. The number of hydrogen-bond donors (Lipinski definition) is 1. The molecule has 1 aliphatic heterocycles. The number of benzene rings is 1. The third-order valence-electron chi connectivity index (χ3n) is 4.52. The van der Waals surface area contributed by atoms with E-state index in [2.05, 4.69) is 0 Å². The zero-order valence-electron chi connectivity index (χ0n) is 11.9. The lowest BCUT2D eigenvalue weighted by atomic mass is 9.75. The molecule has 2 aliphatic rings. The molecule has 0 radical (unpaired) electrons. The van der Waals surface area contributed by atoms with Gasteiger partial charge in [-0.15, -0.1) is 0 Å². The van der Waals surface area contributed by atoms with E-state index in [0.29, 0.717) is 18.7 Å². The molecule has 1 saturated carbocycles.